The van der Waals surface area contributed by atoms with Crippen molar-refractivity contribution in [3.63, 3.8) is 0 Å². The molecule has 1 atom stereocenters. The summed E-state index contributed by atoms with van der Waals surface area (Å²) in [5.74, 6) is 0. The molecule has 1 saturated heterocycles. The van der Waals surface area contributed by atoms with Gasteiger partial charge >= 0.3 is 6.09 Å². The molecule has 29 heavy (non-hydrogen) atoms. The lowest BCUT2D eigenvalue weighted by atomic mass is 10.1. The molecule has 0 radical (unpaired) electrons. The quantitative estimate of drug-likeness (QED) is 0.743. The number of hydrogen-bond donors (Lipinski definition) is 1. The maximum atomic E-state index is 11.5. The summed E-state index contributed by atoms with van der Waals surface area (Å²) in [6, 6.07) is 16.7. The summed E-state index contributed by atoms with van der Waals surface area (Å²) in [6.07, 6.45) is 0.266. The molecule has 8 heteroatoms. The summed E-state index contributed by atoms with van der Waals surface area (Å²) < 4.78 is 29.0. The van der Waals surface area contributed by atoms with Crippen molar-refractivity contribution >= 4 is 15.9 Å². The third-order valence-electron chi connectivity index (χ3n) is 5.03. The van der Waals surface area contributed by atoms with Crippen molar-refractivity contribution in [2.24, 2.45) is 0 Å². The van der Waals surface area contributed by atoms with Crippen LogP contribution in [0.2, 0.25) is 0 Å². The van der Waals surface area contributed by atoms with E-state index in [9.17, 15) is 18.3 Å². The van der Waals surface area contributed by atoms with Gasteiger partial charge in [0, 0.05) is 32.4 Å². The normalized spacial score (nSPS) is 18.0. The Morgan fingerprint density at radius 3 is 2.38 bits per heavy atom. The molecule has 1 aliphatic rings. The Labute approximate surface area is 171 Å². The molecule has 0 spiro atoms. The minimum absolute atomic E-state index is 0.0460. The molecule has 7 nitrogen and oxygen atoms in total. The molecule has 0 unspecified atom stereocenters. The maximum Gasteiger partial charge on any atom is 0.407 e. The molecule has 156 valence electrons. The van der Waals surface area contributed by atoms with Gasteiger partial charge in [0.25, 0.3) is 0 Å². The number of rotatable bonds is 7. The van der Waals surface area contributed by atoms with Crippen LogP contribution in [-0.2, 0) is 27.7 Å². The Bertz CT molecular complexity index is 916. The zero-order chi connectivity index (χ0) is 20.9. The SMILES string of the molecule is CS(=O)(=O)c1ccc(COC[C@@H]2CN(C(=O)O)CCN2Cc2ccccc2)cc1. The molecular formula is C21H26N2O5S. The lowest BCUT2D eigenvalue weighted by Crippen LogP contribution is -2.55. The molecule has 1 heterocycles. The van der Waals surface area contributed by atoms with Crippen LogP contribution in [0.15, 0.2) is 59.5 Å². The van der Waals surface area contributed by atoms with Crippen LogP contribution < -0.4 is 0 Å². The van der Waals surface area contributed by atoms with Crippen molar-refractivity contribution in [3.05, 3.63) is 65.7 Å². The van der Waals surface area contributed by atoms with E-state index >= 15 is 0 Å². The Balaban J connectivity index is 1.60. The van der Waals surface area contributed by atoms with Crippen molar-refractivity contribution in [1.82, 2.24) is 9.80 Å². The van der Waals surface area contributed by atoms with Gasteiger partial charge in [0.2, 0.25) is 0 Å². The van der Waals surface area contributed by atoms with Crippen molar-refractivity contribution < 1.29 is 23.1 Å². The number of carboxylic acid groups (broad SMARTS) is 1. The van der Waals surface area contributed by atoms with E-state index in [4.69, 9.17) is 4.74 Å². The number of hydrogen-bond acceptors (Lipinski definition) is 5. The minimum atomic E-state index is -3.22. The number of ether oxygens (including phenoxy) is 1. The average molecular weight is 419 g/mol. The third kappa shape index (κ3) is 6.03. The van der Waals surface area contributed by atoms with Crippen LogP contribution in [0.1, 0.15) is 11.1 Å². The predicted molar refractivity (Wildman–Crippen MR) is 109 cm³/mol. The molecule has 2 aromatic carbocycles. The van der Waals surface area contributed by atoms with E-state index in [1.54, 1.807) is 24.3 Å². The first-order chi connectivity index (χ1) is 13.8. The molecule has 0 aliphatic carbocycles. The summed E-state index contributed by atoms with van der Waals surface area (Å²) in [7, 11) is -3.22. The van der Waals surface area contributed by atoms with E-state index in [0.29, 0.717) is 32.8 Å². The fourth-order valence-corrected chi connectivity index (χ4v) is 4.03. The summed E-state index contributed by atoms with van der Waals surface area (Å²) >= 11 is 0. The van der Waals surface area contributed by atoms with Gasteiger partial charge in [-0.1, -0.05) is 42.5 Å². The molecular weight excluding hydrogens is 392 g/mol. The van der Waals surface area contributed by atoms with Gasteiger partial charge in [-0.2, -0.15) is 0 Å². The summed E-state index contributed by atoms with van der Waals surface area (Å²) in [5, 5.41) is 9.34. The number of sulfone groups is 1. The highest BCUT2D eigenvalue weighted by molar-refractivity contribution is 7.90. The van der Waals surface area contributed by atoms with Crippen LogP contribution in [0.3, 0.4) is 0 Å². The molecule has 0 bridgehead atoms. The van der Waals surface area contributed by atoms with Crippen LogP contribution in [0.5, 0.6) is 0 Å². The molecule has 1 amide bonds. The highest BCUT2D eigenvalue weighted by atomic mass is 32.2. The second-order valence-electron chi connectivity index (χ2n) is 7.27. The zero-order valence-electron chi connectivity index (χ0n) is 16.4. The zero-order valence-corrected chi connectivity index (χ0v) is 17.2. The van der Waals surface area contributed by atoms with Crippen LogP contribution in [0.25, 0.3) is 0 Å². The second kappa shape index (κ2) is 9.39. The highest BCUT2D eigenvalue weighted by Gasteiger charge is 2.29. The summed E-state index contributed by atoms with van der Waals surface area (Å²) in [5.41, 5.74) is 2.05. The first-order valence-corrected chi connectivity index (χ1v) is 11.3. The topological polar surface area (TPSA) is 87.2 Å². The molecule has 1 fully saturated rings. The van der Waals surface area contributed by atoms with Gasteiger partial charge in [0.05, 0.1) is 24.2 Å². The molecule has 0 saturated carbocycles. The van der Waals surface area contributed by atoms with Gasteiger partial charge in [0.1, 0.15) is 0 Å². The predicted octanol–water partition coefficient (Wildman–Crippen LogP) is 2.47. The van der Waals surface area contributed by atoms with Gasteiger partial charge in [-0.25, -0.2) is 13.2 Å². The van der Waals surface area contributed by atoms with E-state index in [1.165, 1.54) is 16.7 Å². The van der Waals surface area contributed by atoms with Gasteiger partial charge < -0.3 is 14.7 Å². The maximum absolute atomic E-state index is 11.5. The monoisotopic (exact) mass is 418 g/mol. The molecule has 0 aromatic heterocycles. The van der Waals surface area contributed by atoms with E-state index < -0.39 is 15.9 Å². The van der Waals surface area contributed by atoms with Crippen LogP contribution in [-0.4, -0.2) is 68.0 Å². The third-order valence-corrected chi connectivity index (χ3v) is 6.16. The lowest BCUT2D eigenvalue weighted by molar-refractivity contribution is 0.00398. The second-order valence-corrected chi connectivity index (χ2v) is 9.29. The molecule has 1 aliphatic heterocycles. The molecule has 3 rings (SSSR count). The number of nitrogens with zero attached hydrogens (tertiary/aromatic N) is 2. The fraction of sp³-hybridized carbons (Fsp3) is 0.381. The van der Waals surface area contributed by atoms with Crippen molar-refractivity contribution in [3.8, 4) is 0 Å². The molecule has 2 aromatic rings. The fourth-order valence-electron chi connectivity index (χ4n) is 3.40. The average Bonchev–Trinajstić information content (AvgIpc) is 2.69. The number of amides is 1. The summed E-state index contributed by atoms with van der Waals surface area (Å²) in [6.45, 7) is 3.00. The van der Waals surface area contributed by atoms with E-state index in [1.807, 2.05) is 18.2 Å². The molecule has 1 N–H and O–H groups in total. The van der Waals surface area contributed by atoms with E-state index in [2.05, 4.69) is 17.0 Å². The Kier molecular flexibility index (Phi) is 6.89. The van der Waals surface area contributed by atoms with Crippen molar-refractivity contribution in [2.75, 3.05) is 32.5 Å². The van der Waals surface area contributed by atoms with Crippen molar-refractivity contribution in [2.45, 2.75) is 24.1 Å². The number of carbonyl (C=O) groups is 1. The largest absolute Gasteiger partial charge is 0.465 e. The smallest absolute Gasteiger partial charge is 0.407 e. The van der Waals surface area contributed by atoms with E-state index in [0.717, 1.165) is 12.1 Å². The first kappa shape index (κ1) is 21.3. The van der Waals surface area contributed by atoms with Gasteiger partial charge in [-0.05, 0) is 23.3 Å². The Hall–Kier alpha value is -2.42. The Morgan fingerprint density at radius 1 is 1.07 bits per heavy atom. The number of piperazine rings is 1. The van der Waals surface area contributed by atoms with Gasteiger partial charge in [-0.15, -0.1) is 0 Å². The van der Waals surface area contributed by atoms with Crippen molar-refractivity contribution in [1.29, 1.82) is 0 Å². The standard InChI is InChI=1S/C21H26N2O5S/c1-29(26,27)20-9-7-18(8-10-20)15-28-16-19-14-23(21(24)25)12-11-22(19)13-17-5-3-2-4-6-17/h2-10,19H,11-16H2,1H3,(H,24,25)/t19-/m0/s1. The highest BCUT2D eigenvalue weighted by Crippen LogP contribution is 2.16. The Morgan fingerprint density at radius 2 is 1.76 bits per heavy atom. The van der Waals surface area contributed by atoms with Crippen LogP contribution in [0, 0.1) is 0 Å². The van der Waals surface area contributed by atoms with Crippen LogP contribution in [0.4, 0.5) is 4.79 Å². The van der Waals surface area contributed by atoms with E-state index in [-0.39, 0.29) is 10.9 Å². The minimum Gasteiger partial charge on any atom is -0.465 e. The number of benzene rings is 2. The summed E-state index contributed by atoms with van der Waals surface area (Å²) in [4.78, 5) is 15.3. The van der Waals surface area contributed by atoms with Gasteiger partial charge in [-0.3, -0.25) is 4.90 Å². The van der Waals surface area contributed by atoms with Gasteiger partial charge in [0.15, 0.2) is 9.84 Å². The van der Waals surface area contributed by atoms with Crippen LogP contribution >= 0.6 is 0 Å². The first-order valence-electron chi connectivity index (χ1n) is 9.45. The lowest BCUT2D eigenvalue weighted by Gasteiger charge is -2.40.